The van der Waals surface area contributed by atoms with Crippen LogP contribution < -0.4 is 4.90 Å². The molecule has 1 unspecified atom stereocenters. The van der Waals surface area contributed by atoms with Gasteiger partial charge in [-0.1, -0.05) is 30.3 Å². The standard InChI is InChI=1S/C17H25NO2/c1-2-20-17(19)16-11-7-13-18(14-16)12-6-10-15-8-4-3-5-9-15/h3-5,8-9,16H,2,6-7,10-14H2,1H3/p+1/t16-/m0/s1. The first-order chi connectivity index (χ1) is 9.79. The zero-order chi connectivity index (χ0) is 14.2. The highest BCUT2D eigenvalue weighted by molar-refractivity contribution is 5.72. The lowest BCUT2D eigenvalue weighted by atomic mass is 9.98. The molecule has 0 radical (unpaired) electrons. The Bertz CT molecular complexity index is 405. The van der Waals surface area contributed by atoms with Crippen LogP contribution in [0, 0.1) is 5.92 Å². The summed E-state index contributed by atoms with van der Waals surface area (Å²) in [5.74, 6) is 0.128. The second kappa shape index (κ2) is 8.05. The molecule has 0 bridgehead atoms. The summed E-state index contributed by atoms with van der Waals surface area (Å²) in [5.41, 5.74) is 1.41. The van der Waals surface area contributed by atoms with E-state index in [1.54, 1.807) is 4.90 Å². The summed E-state index contributed by atoms with van der Waals surface area (Å²) in [6, 6.07) is 10.6. The van der Waals surface area contributed by atoms with E-state index >= 15 is 0 Å². The third-order valence-corrected chi connectivity index (χ3v) is 4.08. The van der Waals surface area contributed by atoms with Crippen molar-refractivity contribution in [3.8, 4) is 0 Å². The number of rotatable bonds is 6. The molecule has 1 saturated heterocycles. The van der Waals surface area contributed by atoms with Gasteiger partial charge in [0.05, 0.1) is 26.2 Å². The number of hydrogen-bond donors (Lipinski definition) is 1. The largest absolute Gasteiger partial charge is 0.466 e. The van der Waals surface area contributed by atoms with Crippen LogP contribution in [0.5, 0.6) is 0 Å². The molecule has 20 heavy (non-hydrogen) atoms. The SMILES string of the molecule is CCOC(=O)[C@H]1CCC[NH+](CCCc2ccccc2)C1. The molecule has 1 aromatic carbocycles. The number of hydrogen-bond acceptors (Lipinski definition) is 2. The summed E-state index contributed by atoms with van der Waals surface area (Å²) in [6.07, 6.45) is 4.47. The number of ether oxygens (including phenoxy) is 1. The van der Waals surface area contributed by atoms with Gasteiger partial charge in [-0.2, -0.15) is 0 Å². The van der Waals surface area contributed by atoms with Gasteiger partial charge in [0.25, 0.3) is 0 Å². The minimum absolute atomic E-state index is 0.00718. The molecule has 3 heteroatoms. The lowest BCUT2D eigenvalue weighted by Crippen LogP contribution is -3.13. The summed E-state index contributed by atoms with van der Waals surface area (Å²) in [7, 11) is 0. The van der Waals surface area contributed by atoms with E-state index in [-0.39, 0.29) is 11.9 Å². The smallest absolute Gasteiger partial charge is 0.314 e. The second-order valence-electron chi connectivity index (χ2n) is 5.63. The van der Waals surface area contributed by atoms with Crippen molar-refractivity contribution in [2.24, 2.45) is 5.92 Å². The Labute approximate surface area is 121 Å². The van der Waals surface area contributed by atoms with E-state index in [9.17, 15) is 4.79 Å². The minimum Gasteiger partial charge on any atom is -0.466 e. The molecule has 0 spiro atoms. The first-order valence-corrected chi connectivity index (χ1v) is 7.83. The maximum atomic E-state index is 11.8. The van der Waals surface area contributed by atoms with Crippen LogP contribution in [-0.2, 0) is 16.0 Å². The summed E-state index contributed by atoms with van der Waals surface area (Å²) >= 11 is 0. The van der Waals surface area contributed by atoms with Crippen LogP contribution in [0.15, 0.2) is 30.3 Å². The molecule has 3 nitrogen and oxygen atoms in total. The first-order valence-electron chi connectivity index (χ1n) is 7.83. The third-order valence-electron chi connectivity index (χ3n) is 4.08. The Kier molecular flexibility index (Phi) is 6.06. The van der Waals surface area contributed by atoms with E-state index in [4.69, 9.17) is 4.74 Å². The number of carbonyl (C=O) groups is 1. The van der Waals surface area contributed by atoms with Crippen LogP contribution in [-0.4, -0.2) is 32.2 Å². The van der Waals surface area contributed by atoms with Gasteiger partial charge in [-0.15, -0.1) is 0 Å². The average molecular weight is 276 g/mol. The molecule has 2 rings (SSSR count). The van der Waals surface area contributed by atoms with Crippen molar-refractivity contribution < 1.29 is 14.4 Å². The normalized spacial score (nSPS) is 22.4. The summed E-state index contributed by atoms with van der Waals surface area (Å²) in [6.45, 7) is 5.69. The Morgan fingerprint density at radius 2 is 2.15 bits per heavy atom. The Morgan fingerprint density at radius 1 is 1.35 bits per heavy atom. The molecule has 0 aromatic heterocycles. The van der Waals surface area contributed by atoms with Gasteiger partial charge in [-0.3, -0.25) is 4.79 Å². The van der Waals surface area contributed by atoms with Crippen molar-refractivity contribution in [3.05, 3.63) is 35.9 Å². The molecule has 110 valence electrons. The minimum atomic E-state index is 0.00718. The molecule has 1 fully saturated rings. The van der Waals surface area contributed by atoms with Crippen molar-refractivity contribution in [3.63, 3.8) is 0 Å². The molecule has 1 aliphatic rings. The molecule has 1 aromatic rings. The van der Waals surface area contributed by atoms with Crippen LogP contribution >= 0.6 is 0 Å². The number of esters is 1. The van der Waals surface area contributed by atoms with Gasteiger partial charge in [0.2, 0.25) is 0 Å². The van der Waals surface area contributed by atoms with Gasteiger partial charge < -0.3 is 9.64 Å². The number of likely N-dealkylation sites (tertiary alicyclic amines) is 1. The number of aryl methyl sites for hydroxylation is 1. The van der Waals surface area contributed by atoms with Crippen LogP contribution in [0.3, 0.4) is 0 Å². The van der Waals surface area contributed by atoms with Gasteiger partial charge >= 0.3 is 5.97 Å². The monoisotopic (exact) mass is 276 g/mol. The zero-order valence-corrected chi connectivity index (χ0v) is 12.4. The summed E-state index contributed by atoms with van der Waals surface area (Å²) < 4.78 is 5.15. The second-order valence-corrected chi connectivity index (χ2v) is 5.63. The zero-order valence-electron chi connectivity index (χ0n) is 12.4. The summed E-state index contributed by atoms with van der Waals surface area (Å²) in [4.78, 5) is 13.4. The van der Waals surface area contributed by atoms with Gasteiger partial charge in [0.15, 0.2) is 0 Å². The number of carbonyl (C=O) groups excluding carboxylic acids is 1. The van der Waals surface area contributed by atoms with Crippen molar-refractivity contribution in [2.45, 2.75) is 32.6 Å². The predicted molar refractivity (Wildman–Crippen MR) is 79.7 cm³/mol. The molecule has 0 amide bonds. The molecule has 2 atom stereocenters. The lowest BCUT2D eigenvalue weighted by Gasteiger charge is -2.28. The molecule has 1 N–H and O–H groups in total. The fourth-order valence-electron chi connectivity index (χ4n) is 3.03. The van der Waals surface area contributed by atoms with Crippen molar-refractivity contribution >= 4 is 5.97 Å². The van der Waals surface area contributed by atoms with E-state index in [1.165, 1.54) is 18.5 Å². The van der Waals surface area contributed by atoms with Crippen LogP contribution in [0.25, 0.3) is 0 Å². The first kappa shape index (κ1) is 15.0. The number of benzene rings is 1. The van der Waals surface area contributed by atoms with E-state index in [0.29, 0.717) is 6.61 Å². The van der Waals surface area contributed by atoms with E-state index < -0.39 is 0 Å². The number of piperidine rings is 1. The van der Waals surface area contributed by atoms with Crippen LogP contribution in [0.4, 0.5) is 0 Å². The maximum Gasteiger partial charge on any atom is 0.314 e. The van der Waals surface area contributed by atoms with Crippen LogP contribution in [0.2, 0.25) is 0 Å². The lowest BCUT2D eigenvalue weighted by molar-refractivity contribution is -0.907. The quantitative estimate of drug-likeness (QED) is 0.798. The van der Waals surface area contributed by atoms with Crippen LogP contribution in [0.1, 0.15) is 31.7 Å². The van der Waals surface area contributed by atoms with E-state index in [0.717, 1.165) is 32.4 Å². The van der Waals surface area contributed by atoms with Crippen molar-refractivity contribution in [1.82, 2.24) is 0 Å². The molecular weight excluding hydrogens is 250 g/mol. The highest BCUT2D eigenvalue weighted by Crippen LogP contribution is 2.09. The van der Waals surface area contributed by atoms with E-state index in [2.05, 4.69) is 30.3 Å². The fraction of sp³-hybridized carbons (Fsp3) is 0.588. The third kappa shape index (κ3) is 4.64. The Morgan fingerprint density at radius 3 is 2.90 bits per heavy atom. The van der Waals surface area contributed by atoms with Crippen molar-refractivity contribution in [1.29, 1.82) is 0 Å². The fourth-order valence-corrected chi connectivity index (χ4v) is 3.03. The predicted octanol–water partition coefficient (Wildman–Crippen LogP) is 1.48. The molecule has 0 aliphatic carbocycles. The highest BCUT2D eigenvalue weighted by Gasteiger charge is 2.29. The molecular formula is C17H26NO2+. The Balaban J connectivity index is 1.71. The maximum absolute atomic E-state index is 11.8. The topological polar surface area (TPSA) is 30.7 Å². The molecule has 1 heterocycles. The highest BCUT2D eigenvalue weighted by atomic mass is 16.5. The Hall–Kier alpha value is -1.35. The molecule has 0 saturated carbocycles. The van der Waals surface area contributed by atoms with E-state index in [1.807, 2.05) is 6.92 Å². The molecule has 1 aliphatic heterocycles. The van der Waals surface area contributed by atoms with Gasteiger partial charge in [0, 0.05) is 6.42 Å². The number of nitrogens with one attached hydrogen (secondary N) is 1. The van der Waals surface area contributed by atoms with Gasteiger partial charge in [-0.25, -0.2) is 0 Å². The number of quaternary nitrogens is 1. The van der Waals surface area contributed by atoms with Gasteiger partial charge in [0.1, 0.15) is 5.92 Å². The average Bonchev–Trinajstić information content (AvgIpc) is 2.49. The summed E-state index contributed by atoms with van der Waals surface area (Å²) in [5, 5.41) is 0. The van der Waals surface area contributed by atoms with Gasteiger partial charge in [-0.05, 0) is 31.7 Å². The van der Waals surface area contributed by atoms with Crippen molar-refractivity contribution in [2.75, 3.05) is 26.2 Å².